The van der Waals surface area contributed by atoms with Crippen LogP contribution in [0.25, 0.3) is 0 Å². The molecule has 63 valence electrons. The molecule has 2 aliphatic heterocycles. The molecule has 2 rings (SSSR count). The maximum atomic E-state index is 5.56. The largest absolute Gasteiger partial charge is 0.378 e. The minimum absolute atomic E-state index is 0.382. The quantitative estimate of drug-likeness (QED) is 0.561. The van der Waals surface area contributed by atoms with Gasteiger partial charge in [0.05, 0.1) is 12.7 Å². The zero-order valence-electron chi connectivity index (χ0n) is 7.10. The van der Waals surface area contributed by atoms with E-state index in [0.29, 0.717) is 11.5 Å². The van der Waals surface area contributed by atoms with E-state index in [-0.39, 0.29) is 0 Å². The van der Waals surface area contributed by atoms with Crippen molar-refractivity contribution in [3.05, 3.63) is 6.42 Å². The molecule has 0 aromatic carbocycles. The smallest absolute Gasteiger partial charge is 0.0585 e. The van der Waals surface area contributed by atoms with Crippen molar-refractivity contribution in [2.75, 3.05) is 19.7 Å². The van der Waals surface area contributed by atoms with Crippen molar-refractivity contribution in [2.45, 2.75) is 25.9 Å². The second-order valence-corrected chi connectivity index (χ2v) is 3.80. The van der Waals surface area contributed by atoms with Crippen molar-refractivity contribution in [1.82, 2.24) is 5.32 Å². The average Bonchev–Trinajstić information content (AvgIpc) is 2.34. The lowest BCUT2D eigenvalue weighted by molar-refractivity contribution is 0.0953. The van der Waals surface area contributed by atoms with E-state index in [1.165, 1.54) is 12.8 Å². The summed E-state index contributed by atoms with van der Waals surface area (Å²) in [6.07, 6.45) is 5.30. The Labute approximate surface area is 68.3 Å². The summed E-state index contributed by atoms with van der Waals surface area (Å²) in [4.78, 5) is 0. The second-order valence-electron chi connectivity index (χ2n) is 3.80. The SMILES string of the molecule is CC1[CH]C2(CCNCC2)CO1. The van der Waals surface area contributed by atoms with E-state index in [0.717, 1.165) is 19.7 Å². The van der Waals surface area contributed by atoms with Gasteiger partial charge in [-0.1, -0.05) is 0 Å². The topological polar surface area (TPSA) is 21.3 Å². The molecule has 0 aromatic heterocycles. The van der Waals surface area contributed by atoms with E-state index in [1.807, 2.05) is 0 Å². The lowest BCUT2D eigenvalue weighted by Gasteiger charge is -2.31. The molecular weight excluding hydrogens is 138 g/mol. The molecule has 2 nitrogen and oxygen atoms in total. The fourth-order valence-corrected chi connectivity index (χ4v) is 2.13. The minimum Gasteiger partial charge on any atom is -0.378 e. The summed E-state index contributed by atoms with van der Waals surface area (Å²) >= 11 is 0. The van der Waals surface area contributed by atoms with Crippen LogP contribution in [0.5, 0.6) is 0 Å². The first-order chi connectivity index (χ1) is 5.31. The highest BCUT2D eigenvalue weighted by Crippen LogP contribution is 2.38. The van der Waals surface area contributed by atoms with E-state index in [2.05, 4.69) is 18.7 Å². The Morgan fingerprint density at radius 2 is 2.18 bits per heavy atom. The van der Waals surface area contributed by atoms with Gasteiger partial charge in [0.25, 0.3) is 0 Å². The molecule has 0 saturated carbocycles. The standard InChI is InChI=1S/C9H16NO/c1-8-6-9(7-11-8)2-4-10-5-3-9/h6,8,10H,2-5,7H2,1H3. The van der Waals surface area contributed by atoms with Crippen LogP contribution in [0.15, 0.2) is 0 Å². The lowest BCUT2D eigenvalue weighted by atomic mass is 9.77. The van der Waals surface area contributed by atoms with Crippen molar-refractivity contribution < 1.29 is 4.74 Å². The molecule has 2 saturated heterocycles. The van der Waals surface area contributed by atoms with Crippen LogP contribution in [-0.4, -0.2) is 25.8 Å². The predicted octanol–water partition coefficient (Wildman–Crippen LogP) is 0.979. The zero-order valence-corrected chi connectivity index (χ0v) is 7.10. The monoisotopic (exact) mass is 154 g/mol. The maximum Gasteiger partial charge on any atom is 0.0585 e. The Kier molecular flexibility index (Phi) is 1.90. The van der Waals surface area contributed by atoms with E-state index in [1.54, 1.807) is 0 Å². The third kappa shape index (κ3) is 1.42. The Morgan fingerprint density at radius 3 is 2.73 bits per heavy atom. The van der Waals surface area contributed by atoms with Crippen LogP contribution in [0, 0.1) is 11.8 Å². The van der Waals surface area contributed by atoms with Crippen molar-refractivity contribution in [3.63, 3.8) is 0 Å². The Hall–Kier alpha value is -0.0800. The van der Waals surface area contributed by atoms with Crippen molar-refractivity contribution in [3.8, 4) is 0 Å². The molecule has 2 heterocycles. The van der Waals surface area contributed by atoms with Crippen LogP contribution in [0.3, 0.4) is 0 Å². The van der Waals surface area contributed by atoms with Crippen LogP contribution < -0.4 is 5.32 Å². The molecule has 1 unspecified atom stereocenters. The molecular formula is C9H16NO. The number of hydrogen-bond donors (Lipinski definition) is 1. The molecule has 0 aromatic rings. The minimum atomic E-state index is 0.382. The van der Waals surface area contributed by atoms with Gasteiger partial charge in [-0.15, -0.1) is 0 Å². The van der Waals surface area contributed by atoms with Crippen LogP contribution in [0.1, 0.15) is 19.8 Å². The van der Waals surface area contributed by atoms with Gasteiger partial charge in [0, 0.05) is 5.41 Å². The second kappa shape index (κ2) is 2.76. The van der Waals surface area contributed by atoms with Gasteiger partial charge >= 0.3 is 0 Å². The average molecular weight is 154 g/mol. The first kappa shape index (κ1) is 7.56. The van der Waals surface area contributed by atoms with Crippen LogP contribution in [0.2, 0.25) is 0 Å². The molecule has 1 radical (unpaired) electrons. The Morgan fingerprint density at radius 1 is 1.45 bits per heavy atom. The third-order valence-electron chi connectivity index (χ3n) is 2.82. The van der Waals surface area contributed by atoms with Gasteiger partial charge in [-0.3, -0.25) is 0 Å². The maximum absolute atomic E-state index is 5.56. The molecule has 0 aliphatic carbocycles. The van der Waals surface area contributed by atoms with E-state index >= 15 is 0 Å². The molecule has 11 heavy (non-hydrogen) atoms. The molecule has 0 bridgehead atoms. The molecule has 1 N–H and O–H groups in total. The molecule has 1 atom stereocenters. The van der Waals surface area contributed by atoms with Gasteiger partial charge in [-0.05, 0) is 39.3 Å². The highest BCUT2D eigenvalue weighted by molar-refractivity contribution is 5.02. The molecule has 0 amide bonds. The summed E-state index contributed by atoms with van der Waals surface area (Å²) < 4.78 is 5.56. The number of piperidine rings is 1. The van der Waals surface area contributed by atoms with Gasteiger partial charge in [0.2, 0.25) is 0 Å². The van der Waals surface area contributed by atoms with Crippen molar-refractivity contribution in [1.29, 1.82) is 0 Å². The van der Waals surface area contributed by atoms with E-state index < -0.39 is 0 Å². The fraction of sp³-hybridized carbons (Fsp3) is 0.889. The van der Waals surface area contributed by atoms with Gasteiger partial charge in [0.1, 0.15) is 0 Å². The van der Waals surface area contributed by atoms with Crippen molar-refractivity contribution >= 4 is 0 Å². The van der Waals surface area contributed by atoms with Gasteiger partial charge < -0.3 is 10.1 Å². The summed E-state index contributed by atoms with van der Waals surface area (Å²) in [5, 5.41) is 3.38. The zero-order chi connectivity index (χ0) is 7.73. The van der Waals surface area contributed by atoms with Gasteiger partial charge in [-0.25, -0.2) is 0 Å². The van der Waals surface area contributed by atoms with E-state index in [4.69, 9.17) is 4.74 Å². The van der Waals surface area contributed by atoms with Gasteiger partial charge in [-0.2, -0.15) is 0 Å². The molecule has 2 heteroatoms. The summed E-state index contributed by atoms with van der Waals surface area (Å²) in [6, 6.07) is 0. The first-order valence-electron chi connectivity index (χ1n) is 4.49. The number of nitrogens with one attached hydrogen (secondary N) is 1. The number of hydrogen-bond acceptors (Lipinski definition) is 2. The summed E-state index contributed by atoms with van der Waals surface area (Å²) in [5.74, 6) is 0. The van der Waals surface area contributed by atoms with Crippen molar-refractivity contribution in [2.24, 2.45) is 5.41 Å². The van der Waals surface area contributed by atoms with E-state index in [9.17, 15) is 0 Å². The van der Waals surface area contributed by atoms with Crippen LogP contribution >= 0.6 is 0 Å². The normalized spacial score (nSPS) is 36.3. The fourth-order valence-electron chi connectivity index (χ4n) is 2.13. The third-order valence-corrected chi connectivity index (χ3v) is 2.82. The lowest BCUT2D eigenvalue weighted by Crippen LogP contribution is -2.37. The summed E-state index contributed by atoms with van der Waals surface area (Å²) in [6.45, 7) is 5.41. The summed E-state index contributed by atoms with van der Waals surface area (Å²) in [7, 11) is 0. The van der Waals surface area contributed by atoms with Crippen LogP contribution in [-0.2, 0) is 4.74 Å². The Bertz CT molecular complexity index is 135. The van der Waals surface area contributed by atoms with Gasteiger partial charge in [0.15, 0.2) is 0 Å². The number of rotatable bonds is 0. The number of ether oxygens (including phenoxy) is 1. The van der Waals surface area contributed by atoms with Crippen LogP contribution in [0.4, 0.5) is 0 Å². The predicted molar refractivity (Wildman–Crippen MR) is 44.3 cm³/mol. The highest BCUT2D eigenvalue weighted by atomic mass is 16.5. The molecule has 2 aliphatic rings. The highest BCUT2D eigenvalue weighted by Gasteiger charge is 2.39. The molecule has 1 spiro atoms. The Balaban J connectivity index is 1.98. The molecule has 2 fully saturated rings. The summed E-state index contributed by atoms with van der Waals surface area (Å²) in [5.41, 5.74) is 0.435. The first-order valence-corrected chi connectivity index (χ1v) is 4.49.